The molecule has 0 aliphatic carbocycles. The van der Waals surface area contributed by atoms with E-state index in [0.717, 1.165) is 11.1 Å². The molecule has 0 aliphatic heterocycles. The van der Waals surface area contributed by atoms with Crippen LogP contribution in [-0.2, 0) is 16.0 Å². The summed E-state index contributed by atoms with van der Waals surface area (Å²) in [5.41, 5.74) is 2.14. The van der Waals surface area contributed by atoms with Gasteiger partial charge in [0.2, 0.25) is 0 Å². The molecule has 0 aromatic heterocycles. The molecule has 5 heteroatoms. The maximum atomic E-state index is 12.2. The van der Waals surface area contributed by atoms with Crippen LogP contribution in [0.4, 0.5) is 0 Å². The van der Waals surface area contributed by atoms with Gasteiger partial charge >= 0.3 is 5.97 Å². The van der Waals surface area contributed by atoms with E-state index in [2.05, 4.69) is 5.32 Å². The highest BCUT2D eigenvalue weighted by molar-refractivity contribution is 5.98. The van der Waals surface area contributed by atoms with Crippen LogP contribution in [0, 0.1) is 0 Å². The lowest BCUT2D eigenvalue weighted by Gasteiger charge is -2.10. The molecule has 1 amide bonds. The number of phenols is 1. The third-order valence-corrected chi connectivity index (χ3v) is 3.32. The molecule has 0 atom stereocenters. The molecule has 2 rings (SSSR count). The maximum Gasteiger partial charge on any atom is 0.325 e. The quantitative estimate of drug-likeness (QED) is 0.800. The first-order chi connectivity index (χ1) is 11.5. The SMILES string of the molecule is CC(C)OC(=O)CNC(=O)c1cc(Cc2ccccc2)ccc1O. The van der Waals surface area contributed by atoms with Gasteiger partial charge in [0.25, 0.3) is 5.91 Å². The van der Waals surface area contributed by atoms with Crippen molar-refractivity contribution < 1.29 is 19.4 Å². The average Bonchev–Trinajstić information content (AvgIpc) is 2.55. The second kappa shape index (κ2) is 8.15. The van der Waals surface area contributed by atoms with Gasteiger partial charge in [0, 0.05) is 0 Å². The number of carbonyl (C=O) groups excluding carboxylic acids is 2. The average molecular weight is 327 g/mol. The highest BCUT2D eigenvalue weighted by atomic mass is 16.5. The van der Waals surface area contributed by atoms with Gasteiger partial charge in [-0.05, 0) is 43.5 Å². The number of carbonyl (C=O) groups is 2. The Morgan fingerprint density at radius 3 is 2.46 bits per heavy atom. The fraction of sp³-hybridized carbons (Fsp3) is 0.263. The molecule has 0 saturated carbocycles. The molecule has 0 fully saturated rings. The number of phenolic OH excluding ortho intramolecular Hbond substituents is 1. The molecular weight excluding hydrogens is 306 g/mol. The molecule has 0 radical (unpaired) electrons. The van der Waals surface area contributed by atoms with Crippen LogP contribution in [0.3, 0.4) is 0 Å². The molecule has 126 valence electrons. The largest absolute Gasteiger partial charge is 0.507 e. The number of ether oxygens (including phenoxy) is 1. The Labute approximate surface area is 141 Å². The zero-order chi connectivity index (χ0) is 17.5. The van der Waals surface area contributed by atoms with E-state index in [9.17, 15) is 14.7 Å². The number of hydrogen-bond acceptors (Lipinski definition) is 4. The van der Waals surface area contributed by atoms with Crippen LogP contribution < -0.4 is 5.32 Å². The number of rotatable bonds is 6. The molecule has 0 spiro atoms. The lowest BCUT2D eigenvalue weighted by Crippen LogP contribution is -2.31. The van der Waals surface area contributed by atoms with E-state index in [1.54, 1.807) is 26.0 Å². The number of nitrogens with one attached hydrogen (secondary N) is 1. The monoisotopic (exact) mass is 327 g/mol. The number of hydrogen-bond donors (Lipinski definition) is 2. The minimum Gasteiger partial charge on any atom is -0.507 e. The Morgan fingerprint density at radius 1 is 1.08 bits per heavy atom. The summed E-state index contributed by atoms with van der Waals surface area (Å²) in [6, 6.07) is 14.7. The highest BCUT2D eigenvalue weighted by Gasteiger charge is 2.14. The zero-order valence-corrected chi connectivity index (χ0v) is 13.8. The van der Waals surface area contributed by atoms with E-state index in [4.69, 9.17) is 4.74 Å². The third-order valence-electron chi connectivity index (χ3n) is 3.32. The summed E-state index contributed by atoms with van der Waals surface area (Å²) >= 11 is 0. The molecule has 2 N–H and O–H groups in total. The van der Waals surface area contributed by atoms with Crippen molar-refractivity contribution in [3.05, 3.63) is 65.2 Å². The topological polar surface area (TPSA) is 75.6 Å². The van der Waals surface area contributed by atoms with E-state index in [0.29, 0.717) is 6.42 Å². The zero-order valence-electron chi connectivity index (χ0n) is 13.8. The standard InChI is InChI=1S/C19H21NO4/c1-13(2)24-18(22)12-20-19(23)16-11-15(8-9-17(16)21)10-14-6-4-3-5-7-14/h3-9,11,13,21H,10,12H2,1-2H3,(H,20,23). The first-order valence-electron chi connectivity index (χ1n) is 7.79. The molecule has 0 heterocycles. The van der Waals surface area contributed by atoms with Gasteiger partial charge in [-0.2, -0.15) is 0 Å². The molecule has 0 unspecified atom stereocenters. The molecule has 2 aromatic carbocycles. The van der Waals surface area contributed by atoms with Gasteiger partial charge in [0.15, 0.2) is 0 Å². The molecule has 5 nitrogen and oxygen atoms in total. The molecular formula is C19H21NO4. The fourth-order valence-corrected chi connectivity index (χ4v) is 2.26. The Balaban J connectivity index is 2.05. The lowest BCUT2D eigenvalue weighted by molar-refractivity contribution is -0.146. The maximum absolute atomic E-state index is 12.2. The summed E-state index contributed by atoms with van der Waals surface area (Å²) in [4.78, 5) is 23.7. The van der Waals surface area contributed by atoms with Gasteiger partial charge in [-0.15, -0.1) is 0 Å². The van der Waals surface area contributed by atoms with Crippen molar-refractivity contribution in [2.45, 2.75) is 26.4 Å². The number of amides is 1. The van der Waals surface area contributed by atoms with Gasteiger partial charge in [0.05, 0.1) is 11.7 Å². The van der Waals surface area contributed by atoms with Gasteiger partial charge in [0.1, 0.15) is 12.3 Å². The highest BCUT2D eigenvalue weighted by Crippen LogP contribution is 2.20. The van der Waals surface area contributed by atoms with Crippen molar-refractivity contribution >= 4 is 11.9 Å². The van der Waals surface area contributed by atoms with Crippen LogP contribution >= 0.6 is 0 Å². The van der Waals surface area contributed by atoms with Gasteiger partial charge in [-0.3, -0.25) is 9.59 Å². The predicted octanol–water partition coefficient (Wildman–Crippen LogP) is 2.66. The summed E-state index contributed by atoms with van der Waals surface area (Å²) in [5, 5.41) is 12.4. The number of benzene rings is 2. The second-order valence-corrected chi connectivity index (χ2v) is 5.74. The summed E-state index contributed by atoms with van der Waals surface area (Å²) in [7, 11) is 0. The van der Waals surface area contributed by atoms with Crippen molar-refractivity contribution in [2.75, 3.05) is 6.54 Å². The van der Waals surface area contributed by atoms with Crippen molar-refractivity contribution in [1.29, 1.82) is 0 Å². The van der Waals surface area contributed by atoms with Crippen LogP contribution in [0.25, 0.3) is 0 Å². The molecule has 0 saturated heterocycles. The van der Waals surface area contributed by atoms with E-state index in [-0.39, 0.29) is 24.0 Å². The Morgan fingerprint density at radius 2 is 1.79 bits per heavy atom. The second-order valence-electron chi connectivity index (χ2n) is 5.74. The number of aromatic hydroxyl groups is 1. The number of esters is 1. The molecule has 0 bridgehead atoms. The van der Waals surface area contributed by atoms with Crippen LogP contribution in [0.5, 0.6) is 5.75 Å². The van der Waals surface area contributed by atoms with E-state index in [1.807, 2.05) is 30.3 Å². The lowest BCUT2D eigenvalue weighted by atomic mass is 10.0. The minimum absolute atomic E-state index is 0.124. The van der Waals surface area contributed by atoms with Gasteiger partial charge in [-0.25, -0.2) is 0 Å². The van der Waals surface area contributed by atoms with Gasteiger partial charge in [-0.1, -0.05) is 36.4 Å². The van der Waals surface area contributed by atoms with Crippen LogP contribution in [0.15, 0.2) is 48.5 Å². The fourth-order valence-electron chi connectivity index (χ4n) is 2.26. The van der Waals surface area contributed by atoms with E-state index < -0.39 is 11.9 Å². The van der Waals surface area contributed by atoms with Crippen molar-refractivity contribution in [3.63, 3.8) is 0 Å². The third kappa shape index (κ3) is 5.12. The summed E-state index contributed by atoms with van der Waals surface area (Å²) in [6.07, 6.45) is 0.411. The molecule has 2 aromatic rings. The van der Waals surface area contributed by atoms with Crippen molar-refractivity contribution in [2.24, 2.45) is 0 Å². The Bertz CT molecular complexity index is 711. The first-order valence-corrected chi connectivity index (χ1v) is 7.79. The van der Waals surface area contributed by atoms with Gasteiger partial charge < -0.3 is 15.2 Å². The Kier molecular flexibility index (Phi) is 5.95. The van der Waals surface area contributed by atoms with Crippen LogP contribution in [0.2, 0.25) is 0 Å². The Hall–Kier alpha value is -2.82. The predicted molar refractivity (Wildman–Crippen MR) is 90.9 cm³/mol. The summed E-state index contributed by atoms with van der Waals surface area (Å²) < 4.78 is 4.95. The van der Waals surface area contributed by atoms with E-state index in [1.165, 1.54) is 6.07 Å². The van der Waals surface area contributed by atoms with Crippen LogP contribution in [-0.4, -0.2) is 29.6 Å². The summed E-state index contributed by atoms with van der Waals surface area (Å²) in [6.45, 7) is 3.23. The van der Waals surface area contributed by atoms with Crippen LogP contribution in [0.1, 0.15) is 35.3 Å². The van der Waals surface area contributed by atoms with E-state index >= 15 is 0 Å². The smallest absolute Gasteiger partial charge is 0.325 e. The first kappa shape index (κ1) is 17.5. The summed E-state index contributed by atoms with van der Waals surface area (Å²) in [5.74, 6) is -1.15. The normalized spacial score (nSPS) is 10.5. The minimum atomic E-state index is -0.515. The van der Waals surface area contributed by atoms with Crippen molar-refractivity contribution in [3.8, 4) is 5.75 Å². The molecule has 24 heavy (non-hydrogen) atoms. The molecule has 0 aliphatic rings. The van der Waals surface area contributed by atoms with Crippen molar-refractivity contribution in [1.82, 2.24) is 5.32 Å².